The van der Waals surface area contributed by atoms with E-state index in [0.29, 0.717) is 5.56 Å². The molecule has 0 spiro atoms. The fraction of sp³-hybridized carbons (Fsp3) is 0.150. The van der Waals surface area contributed by atoms with Crippen LogP contribution in [0.25, 0.3) is 23.0 Å². The molecule has 4 rings (SSSR count). The highest BCUT2D eigenvalue weighted by Gasteiger charge is 2.20. The van der Waals surface area contributed by atoms with Crippen molar-refractivity contribution in [1.82, 2.24) is 25.1 Å². The lowest BCUT2D eigenvalue weighted by Crippen LogP contribution is -2.21. The lowest BCUT2D eigenvalue weighted by molar-refractivity contribution is -0.116. The summed E-state index contributed by atoms with van der Waals surface area (Å²) in [5.41, 5.74) is 9.52. The first-order valence-electron chi connectivity index (χ1n) is 9.07. The molecule has 152 valence electrons. The van der Waals surface area contributed by atoms with Crippen LogP contribution in [0.2, 0.25) is 0 Å². The zero-order valence-corrected chi connectivity index (χ0v) is 16.3. The predicted octanol–water partition coefficient (Wildman–Crippen LogP) is 2.97. The molecular formula is C20H18FN7O2. The van der Waals surface area contributed by atoms with Gasteiger partial charge in [0.25, 0.3) is 5.89 Å². The number of halogens is 1. The van der Waals surface area contributed by atoms with Crippen LogP contribution in [-0.2, 0) is 11.3 Å². The molecule has 2 heterocycles. The molecule has 0 aliphatic heterocycles. The number of nitrogens with zero attached hydrogens (tertiary/aromatic N) is 5. The van der Waals surface area contributed by atoms with Gasteiger partial charge in [-0.05, 0) is 55.3 Å². The van der Waals surface area contributed by atoms with E-state index in [0.717, 1.165) is 16.8 Å². The van der Waals surface area contributed by atoms with Crippen LogP contribution in [0.15, 0.2) is 47.0 Å². The maximum absolute atomic E-state index is 13.1. The first kappa shape index (κ1) is 19.2. The van der Waals surface area contributed by atoms with Gasteiger partial charge >= 0.3 is 0 Å². The molecule has 0 aliphatic carbocycles. The molecule has 0 atom stereocenters. The summed E-state index contributed by atoms with van der Waals surface area (Å²) in [7, 11) is 0. The van der Waals surface area contributed by atoms with Crippen molar-refractivity contribution in [3.8, 4) is 23.0 Å². The van der Waals surface area contributed by atoms with E-state index in [1.807, 2.05) is 32.0 Å². The summed E-state index contributed by atoms with van der Waals surface area (Å²) in [5.74, 6) is -0.252. The molecule has 0 unspecified atom stereocenters. The molecule has 0 saturated carbocycles. The number of carbonyl (C=O) groups excluding carboxylic acids is 1. The van der Waals surface area contributed by atoms with Crippen LogP contribution in [0, 0.1) is 19.7 Å². The van der Waals surface area contributed by atoms with E-state index < -0.39 is 0 Å². The van der Waals surface area contributed by atoms with Crippen molar-refractivity contribution in [2.45, 2.75) is 20.4 Å². The third kappa shape index (κ3) is 3.88. The van der Waals surface area contributed by atoms with Gasteiger partial charge in [-0.2, -0.15) is 4.98 Å². The fourth-order valence-electron chi connectivity index (χ4n) is 2.82. The Bertz CT molecular complexity index is 1210. The molecule has 2 aromatic carbocycles. The topological polar surface area (TPSA) is 125 Å². The number of benzene rings is 2. The van der Waals surface area contributed by atoms with Crippen LogP contribution < -0.4 is 11.1 Å². The summed E-state index contributed by atoms with van der Waals surface area (Å²) >= 11 is 0. The molecule has 4 aromatic rings. The van der Waals surface area contributed by atoms with Crippen molar-refractivity contribution >= 4 is 17.4 Å². The van der Waals surface area contributed by atoms with E-state index in [1.54, 1.807) is 0 Å². The summed E-state index contributed by atoms with van der Waals surface area (Å²) in [6, 6.07) is 11.4. The highest BCUT2D eigenvalue weighted by Crippen LogP contribution is 2.25. The van der Waals surface area contributed by atoms with Gasteiger partial charge < -0.3 is 15.6 Å². The fourth-order valence-corrected chi connectivity index (χ4v) is 2.82. The van der Waals surface area contributed by atoms with Gasteiger partial charge in [-0.3, -0.25) is 4.79 Å². The van der Waals surface area contributed by atoms with Crippen molar-refractivity contribution in [3.05, 3.63) is 59.4 Å². The van der Waals surface area contributed by atoms with Crippen molar-refractivity contribution in [2.75, 3.05) is 11.1 Å². The second-order valence-corrected chi connectivity index (χ2v) is 6.78. The Hall–Kier alpha value is -4.08. The molecule has 0 saturated heterocycles. The second kappa shape index (κ2) is 7.74. The number of anilines is 2. The number of amides is 1. The largest absolute Gasteiger partial charge is 0.382 e. The lowest BCUT2D eigenvalue weighted by atomic mass is 10.1. The number of nitrogens with two attached hydrogens (primary N) is 1. The van der Waals surface area contributed by atoms with Gasteiger partial charge in [0.2, 0.25) is 11.7 Å². The average molecular weight is 407 g/mol. The number of nitrogen functional groups attached to an aromatic ring is 1. The Kier molecular flexibility index (Phi) is 4.97. The lowest BCUT2D eigenvalue weighted by Gasteiger charge is -2.09. The summed E-state index contributed by atoms with van der Waals surface area (Å²) in [6.07, 6.45) is 0. The third-order valence-electron chi connectivity index (χ3n) is 4.46. The molecule has 30 heavy (non-hydrogen) atoms. The standard InChI is InChI=1S/C20H18FN7O2/c1-11-3-4-12(2)15(9-11)23-16(29)10-28-18(22)17(25-27-28)20-24-19(26-30-20)13-5-7-14(21)8-6-13/h3-9H,10,22H2,1-2H3,(H,23,29). The van der Waals surface area contributed by atoms with Crippen molar-refractivity contribution in [2.24, 2.45) is 0 Å². The molecule has 0 radical (unpaired) electrons. The predicted molar refractivity (Wildman–Crippen MR) is 108 cm³/mol. The summed E-state index contributed by atoms with van der Waals surface area (Å²) in [5, 5.41) is 14.6. The normalized spacial score (nSPS) is 10.9. The number of rotatable bonds is 5. The number of aryl methyl sites for hydroxylation is 2. The average Bonchev–Trinajstić information content (AvgIpc) is 3.33. The Morgan fingerprint density at radius 3 is 2.73 bits per heavy atom. The number of carbonyl (C=O) groups is 1. The Morgan fingerprint density at radius 2 is 1.97 bits per heavy atom. The van der Waals surface area contributed by atoms with Crippen molar-refractivity contribution in [1.29, 1.82) is 0 Å². The molecular weight excluding hydrogens is 389 g/mol. The van der Waals surface area contributed by atoms with Gasteiger partial charge in [-0.1, -0.05) is 22.5 Å². The van der Waals surface area contributed by atoms with Crippen LogP contribution >= 0.6 is 0 Å². The monoisotopic (exact) mass is 407 g/mol. The summed E-state index contributed by atoms with van der Waals surface area (Å²) in [6.45, 7) is 3.72. The van der Waals surface area contributed by atoms with E-state index in [2.05, 4.69) is 25.8 Å². The minimum absolute atomic E-state index is 0.0491. The van der Waals surface area contributed by atoms with Crippen LogP contribution in [0.4, 0.5) is 15.9 Å². The van der Waals surface area contributed by atoms with E-state index in [-0.39, 0.29) is 41.5 Å². The van der Waals surface area contributed by atoms with Crippen molar-refractivity contribution in [3.63, 3.8) is 0 Å². The highest BCUT2D eigenvalue weighted by atomic mass is 19.1. The number of aromatic nitrogens is 5. The highest BCUT2D eigenvalue weighted by molar-refractivity contribution is 5.91. The zero-order valence-electron chi connectivity index (χ0n) is 16.3. The summed E-state index contributed by atoms with van der Waals surface area (Å²) < 4.78 is 19.5. The molecule has 0 bridgehead atoms. The molecule has 3 N–H and O–H groups in total. The van der Waals surface area contributed by atoms with Crippen LogP contribution in [0.5, 0.6) is 0 Å². The van der Waals surface area contributed by atoms with E-state index in [9.17, 15) is 9.18 Å². The first-order chi connectivity index (χ1) is 14.4. The Morgan fingerprint density at radius 1 is 1.20 bits per heavy atom. The van der Waals surface area contributed by atoms with E-state index >= 15 is 0 Å². The van der Waals surface area contributed by atoms with Gasteiger partial charge in [-0.25, -0.2) is 9.07 Å². The summed E-state index contributed by atoms with van der Waals surface area (Å²) in [4.78, 5) is 16.6. The van der Waals surface area contributed by atoms with Gasteiger partial charge in [0.15, 0.2) is 11.5 Å². The Labute approximate surface area is 170 Å². The molecule has 2 aromatic heterocycles. The molecule has 10 heteroatoms. The van der Waals surface area contributed by atoms with Crippen LogP contribution in [-0.4, -0.2) is 31.0 Å². The molecule has 9 nitrogen and oxygen atoms in total. The van der Waals surface area contributed by atoms with E-state index in [1.165, 1.54) is 28.9 Å². The maximum atomic E-state index is 13.1. The molecule has 0 fully saturated rings. The SMILES string of the molecule is Cc1ccc(C)c(NC(=O)Cn2nnc(-c3nc(-c4ccc(F)cc4)no3)c2N)c1. The molecule has 0 aliphatic rings. The Balaban J connectivity index is 1.51. The number of nitrogens with one attached hydrogen (secondary N) is 1. The van der Waals surface area contributed by atoms with E-state index in [4.69, 9.17) is 10.3 Å². The van der Waals surface area contributed by atoms with Crippen molar-refractivity contribution < 1.29 is 13.7 Å². The minimum atomic E-state index is -0.367. The van der Waals surface area contributed by atoms with Gasteiger partial charge in [0.05, 0.1) is 0 Å². The van der Waals surface area contributed by atoms with Gasteiger partial charge in [0, 0.05) is 11.3 Å². The number of hydrogen-bond acceptors (Lipinski definition) is 7. The number of hydrogen-bond donors (Lipinski definition) is 2. The quantitative estimate of drug-likeness (QED) is 0.521. The smallest absolute Gasteiger partial charge is 0.282 e. The van der Waals surface area contributed by atoms with Gasteiger partial charge in [0.1, 0.15) is 12.4 Å². The van der Waals surface area contributed by atoms with Crippen LogP contribution in [0.3, 0.4) is 0 Å². The zero-order chi connectivity index (χ0) is 21.3. The van der Waals surface area contributed by atoms with Crippen LogP contribution in [0.1, 0.15) is 11.1 Å². The molecule has 1 amide bonds. The second-order valence-electron chi connectivity index (χ2n) is 6.78. The minimum Gasteiger partial charge on any atom is -0.382 e. The first-order valence-corrected chi connectivity index (χ1v) is 9.07. The van der Waals surface area contributed by atoms with Gasteiger partial charge in [-0.15, -0.1) is 5.10 Å². The maximum Gasteiger partial charge on any atom is 0.282 e. The third-order valence-corrected chi connectivity index (χ3v) is 4.46.